The van der Waals surface area contributed by atoms with E-state index in [1.54, 1.807) is 17.5 Å². The molecule has 1 atom stereocenters. The van der Waals surface area contributed by atoms with Crippen LogP contribution >= 0.6 is 11.3 Å². The Kier molecular flexibility index (Phi) is 7.45. The molecule has 0 saturated carbocycles. The van der Waals surface area contributed by atoms with Gasteiger partial charge in [0.25, 0.3) is 10.0 Å². The van der Waals surface area contributed by atoms with E-state index in [9.17, 15) is 13.2 Å². The molecule has 6 nitrogen and oxygen atoms in total. The van der Waals surface area contributed by atoms with E-state index in [4.69, 9.17) is 0 Å². The maximum Gasteiger partial charge on any atom is 0.250 e. The number of hydrogen-bond donors (Lipinski definition) is 2. The van der Waals surface area contributed by atoms with E-state index < -0.39 is 16.1 Å². The van der Waals surface area contributed by atoms with Crippen LogP contribution < -0.4 is 10.0 Å². The highest BCUT2D eigenvalue weighted by Crippen LogP contribution is 2.19. The van der Waals surface area contributed by atoms with Crippen LogP contribution in [0.25, 0.3) is 0 Å². The quantitative estimate of drug-likeness (QED) is 0.594. The van der Waals surface area contributed by atoms with Crippen molar-refractivity contribution in [3.05, 3.63) is 52.9 Å². The molecule has 8 heteroatoms. The van der Waals surface area contributed by atoms with Crippen molar-refractivity contribution in [3.8, 4) is 0 Å². The molecule has 3 rings (SSSR count). The Morgan fingerprint density at radius 2 is 1.93 bits per heavy atom. The van der Waals surface area contributed by atoms with Crippen molar-refractivity contribution in [1.29, 1.82) is 0 Å². The SMILES string of the molecule is CC(C)C(NS(=O)(=O)c1cccs1)C(=O)NCCCN1CCc2ccccc2C1. The van der Waals surface area contributed by atoms with E-state index in [-0.39, 0.29) is 16.0 Å². The zero-order valence-electron chi connectivity index (χ0n) is 16.9. The van der Waals surface area contributed by atoms with Gasteiger partial charge in [-0.1, -0.05) is 44.2 Å². The fourth-order valence-corrected chi connectivity index (χ4v) is 5.86. The number of sulfonamides is 1. The molecule has 29 heavy (non-hydrogen) atoms. The van der Waals surface area contributed by atoms with Crippen LogP contribution in [0.5, 0.6) is 0 Å². The second-order valence-corrected chi connectivity index (χ2v) is 10.6. The van der Waals surface area contributed by atoms with Crippen molar-refractivity contribution in [3.63, 3.8) is 0 Å². The molecule has 2 N–H and O–H groups in total. The van der Waals surface area contributed by atoms with Gasteiger partial charge in [0, 0.05) is 26.2 Å². The lowest BCUT2D eigenvalue weighted by Crippen LogP contribution is -2.49. The number of carbonyl (C=O) groups excluding carboxylic acids is 1. The predicted molar refractivity (Wildman–Crippen MR) is 116 cm³/mol. The van der Waals surface area contributed by atoms with Crippen molar-refractivity contribution in [2.45, 2.75) is 43.5 Å². The minimum atomic E-state index is -3.68. The van der Waals surface area contributed by atoms with Crippen LogP contribution in [0.1, 0.15) is 31.4 Å². The molecule has 0 saturated heterocycles. The van der Waals surface area contributed by atoms with Gasteiger partial charge in [0.1, 0.15) is 10.3 Å². The minimum Gasteiger partial charge on any atom is -0.355 e. The average molecular weight is 436 g/mol. The number of amides is 1. The third-order valence-electron chi connectivity index (χ3n) is 5.15. The zero-order valence-corrected chi connectivity index (χ0v) is 18.6. The summed E-state index contributed by atoms with van der Waals surface area (Å²) in [6, 6.07) is 11.0. The Labute approximate surface area is 177 Å². The molecular weight excluding hydrogens is 406 g/mol. The van der Waals surface area contributed by atoms with E-state index in [0.717, 1.165) is 43.8 Å². The number of rotatable bonds is 9. The first-order valence-electron chi connectivity index (χ1n) is 9.99. The van der Waals surface area contributed by atoms with Crippen LogP contribution in [0.15, 0.2) is 46.0 Å². The van der Waals surface area contributed by atoms with E-state index in [0.29, 0.717) is 6.54 Å². The zero-order chi connectivity index (χ0) is 20.9. The van der Waals surface area contributed by atoms with Crippen LogP contribution in [0.3, 0.4) is 0 Å². The smallest absolute Gasteiger partial charge is 0.250 e. The summed E-state index contributed by atoms with van der Waals surface area (Å²) in [6.07, 6.45) is 1.89. The van der Waals surface area contributed by atoms with Crippen molar-refractivity contribution in [2.24, 2.45) is 5.92 Å². The molecule has 0 aliphatic carbocycles. The highest BCUT2D eigenvalue weighted by molar-refractivity contribution is 7.91. The molecule has 1 aromatic carbocycles. The van der Waals surface area contributed by atoms with Gasteiger partial charge in [-0.2, -0.15) is 4.72 Å². The summed E-state index contributed by atoms with van der Waals surface area (Å²) in [5.41, 5.74) is 2.81. The number of carbonyl (C=O) groups is 1. The Balaban J connectivity index is 1.46. The maximum absolute atomic E-state index is 12.6. The Morgan fingerprint density at radius 1 is 1.17 bits per heavy atom. The molecule has 1 aromatic heterocycles. The van der Waals surface area contributed by atoms with Gasteiger partial charge in [-0.15, -0.1) is 11.3 Å². The molecule has 2 heterocycles. The third kappa shape index (κ3) is 5.88. The molecule has 158 valence electrons. The van der Waals surface area contributed by atoms with Crippen LogP contribution in [-0.2, 0) is 27.8 Å². The first-order valence-corrected chi connectivity index (χ1v) is 12.4. The third-order valence-corrected chi connectivity index (χ3v) is 7.99. The monoisotopic (exact) mass is 435 g/mol. The van der Waals surface area contributed by atoms with Gasteiger partial charge in [-0.25, -0.2) is 8.42 Å². The molecule has 0 fully saturated rings. The fourth-order valence-electron chi connectivity index (χ4n) is 3.50. The summed E-state index contributed by atoms with van der Waals surface area (Å²) in [7, 11) is -3.68. The van der Waals surface area contributed by atoms with E-state index in [1.807, 2.05) is 13.8 Å². The number of fused-ring (bicyclic) bond motifs is 1. The molecule has 0 radical (unpaired) electrons. The summed E-state index contributed by atoms with van der Waals surface area (Å²) in [6.45, 7) is 7.08. The van der Waals surface area contributed by atoms with E-state index in [1.165, 1.54) is 11.1 Å². The van der Waals surface area contributed by atoms with Crippen molar-refractivity contribution >= 4 is 27.3 Å². The van der Waals surface area contributed by atoms with Gasteiger partial charge in [0.05, 0.1) is 0 Å². The minimum absolute atomic E-state index is 0.150. The number of nitrogens with one attached hydrogen (secondary N) is 2. The topological polar surface area (TPSA) is 78.5 Å². The van der Waals surface area contributed by atoms with Crippen LogP contribution in [0, 0.1) is 5.92 Å². The first-order chi connectivity index (χ1) is 13.9. The summed E-state index contributed by atoms with van der Waals surface area (Å²) < 4.78 is 27.7. The molecule has 1 aliphatic rings. The number of thiophene rings is 1. The van der Waals surface area contributed by atoms with Gasteiger partial charge in [-0.3, -0.25) is 9.69 Å². The van der Waals surface area contributed by atoms with Gasteiger partial charge in [-0.05, 0) is 41.3 Å². The van der Waals surface area contributed by atoms with Gasteiger partial charge >= 0.3 is 0 Å². The van der Waals surface area contributed by atoms with Crippen molar-refractivity contribution in [2.75, 3.05) is 19.6 Å². The van der Waals surface area contributed by atoms with Gasteiger partial charge in [0.15, 0.2) is 0 Å². The van der Waals surface area contributed by atoms with Crippen LogP contribution in [-0.4, -0.2) is 44.9 Å². The molecule has 1 aliphatic heterocycles. The Hall–Kier alpha value is -1.74. The van der Waals surface area contributed by atoms with Crippen LogP contribution in [0.2, 0.25) is 0 Å². The van der Waals surface area contributed by atoms with E-state index in [2.05, 4.69) is 39.2 Å². The molecule has 0 bridgehead atoms. The van der Waals surface area contributed by atoms with E-state index >= 15 is 0 Å². The lowest BCUT2D eigenvalue weighted by molar-refractivity contribution is -0.123. The predicted octanol–water partition coefficient (Wildman–Crippen LogP) is 2.62. The number of hydrogen-bond acceptors (Lipinski definition) is 5. The molecule has 1 unspecified atom stereocenters. The van der Waals surface area contributed by atoms with Crippen molar-refractivity contribution < 1.29 is 13.2 Å². The second-order valence-electron chi connectivity index (χ2n) is 7.71. The summed E-state index contributed by atoms with van der Waals surface area (Å²) >= 11 is 1.14. The maximum atomic E-state index is 12.6. The fraction of sp³-hybridized carbons (Fsp3) is 0.476. The lowest BCUT2D eigenvalue weighted by Gasteiger charge is -2.28. The van der Waals surface area contributed by atoms with Crippen LogP contribution in [0.4, 0.5) is 0 Å². The summed E-state index contributed by atoms with van der Waals surface area (Å²) in [5, 5.41) is 4.61. The summed E-state index contributed by atoms with van der Waals surface area (Å²) in [4.78, 5) is 15.0. The highest BCUT2D eigenvalue weighted by atomic mass is 32.2. The highest BCUT2D eigenvalue weighted by Gasteiger charge is 2.28. The van der Waals surface area contributed by atoms with Crippen molar-refractivity contribution in [1.82, 2.24) is 14.9 Å². The Bertz CT molecular complexity index is 911. The molecule has 2 aromatic rings. The summed E-state index contributed by atoms with van der Waals surface area (Å²) in [5.74, 6) is -0.424. The normalized spacial score (nSPS) is 15.8. The molecule has 1 amide bonds. The molecular formula is C21H29N3O3S2. The van der Waals surface area contributed by atoms with Gasteiger partial charge in [0.2, 0.25) is 5.91 Å². The lowest BCUT2D eigenvalue weighted by atomic mass is 10.00. The average Bonchev–Trinajstić information content (AvgIpc) is 3.25. The number of benzene rings is 1. The molecule has 0 spiro atoms. The second kappa shape index (κ2) is 9.84. The largest absolute Gasteiger partial charge is 0.355 e. The Morgan fingerprint density at radius 3 is 2.62 bits per heavy atom. The first kappa shape index (κ1) is 22.0. The number of nitrogens with zero attached hydrogens (tertiary/aromatic N) is 1. The van der Waals surface area contributed by atoms with Gasteiger partial charge < -0.3 is 5.32 Å². The standard InChI is InChI=1S/C21H29N3O3S2/c1-16(2)20(23-29(26,27)19-9-5-14-28-19)21(25)22-11-6-12-24-13-10-17-7-3-4-8-18(17)15-24/h3-5,7-9,14,16,20,23H,6,10-13,15H2,1-2H3,(H,22,25).